The number of nitrogens with two attached hydrogens (primary N) is 1. The van der Waals surface area contributed by atoms with Crippen molar-refractivity contribution in [3.05, 3.63) is 18.4 Å². The van der Waals surface area contributed by atoms with Crippen LogP contribution in [-0.2, 0) is 4.79 Å². The van der Waals surface area contributed by atoms with Gasteiger partial charge in [-0.05, 0) is 32.2 Å². The third-order valence-corrected chi connectivity index (χ3v) is 5.38. The average molecular weight is 357 g/mol. The zero-order chi connectivity index (χ0) is 18.1. The summed E-state index contributed by atoms with van der Waals surface area (Å²) in [6, 6.07) is 0.564. The summed E-state index contributed by atoms with van der Waals surface area (Å²) in [5.41, 5.74) is 6.47. The van der Waals surface area contributed by atoms with E-state index in [2.05, 4.69) is 25.0 Å². The summed E-state index contributed by atoms with van der Waals surface area (Å²) in [6.45, 7) is 4.29. The topological polar surface area (TPSA) is 114 Å². The summed E-state index contributed by atoms with van der Waals surface area (Å²) >= 11 is 0. The van der Waals surface area contributed by atoms with E-state index in [1.165, 1.54) is 6.33 Å². The second-order valence-electron chi connectivity index (χ2n) is 6.91. The van der Waals surface area contributed by atoms with Gasteiger partial charge in [0.1, 0.15) is 12.1 Å². The number of likely N-dealkylation sites (tertiary alicyclic amines) is 2. The van der Waals surface area contributed by atoms with E-state index in [-0.39, 0.29) is 11.9 Å². The lowest BCUT2D eigenvalue weighted by molar-refractivity contribution is -0.130. The fraction of sp³-hybridized carbons (Fsp3) is 0.588. The van der Waals surface area contributed by atoms with Crippen LogP contribution in [0.3, 0.4) is 0 Å². The number of nitrogen functional groups attached to an aromatic ring is 1. The van der Waals surface area contributed by atoms with E-state index in [4.69, 9.17) is 10.3 Å². The van der Waals surface area contributed by atoms with Crippen molar-refractivity contribution in [3.63, 3.8) is 0 Å². The zero-order valence-corrected chi connectivity index (χ0v) is 14.8. The maximum atomic E-state index is 11.5. The first-order chi connectivity index (χ1) is 12.6. The molecule has 0 saturated carbocycles. The van der Waals surface area contributed by atoms with Crippen molar-refractivity contribution in [2.45, 2.75) is 44.7 Å². The molecular weight excluding hydrogens is 334 g/mol. The van der Waals surface area contributed by atoms with Crippen LogP contribution >= 0.6 is 0 Å². The van der Waals surface area contributed by atoms with Crippen LogP contribution < -0.4 is 5.73 Å². The fourth-order valence-electron chi connectivity index (χ4n) is 3.99. The van der Waals surface area contributed by atoms with Gasteiger partial charge in [0, 0.05) is 32.3 Å². The molecule has 2 N–H and O–H groups in total. The maximum absolute atomic E-state index is 11.5. The minimum atomic E-state index is 0.121. The highest BCUT2D eigenvalue weighted by atomic mass is 16.5. The van der Waals surface area contributed by atoms with Gasteiger partial charge < -0.3 is 15.2 Å². The Morgan fingerprint density at radius 1 is 1.27 bits per heavy atom. The molecule has 2 saturated heterocycles. The summed E-state index contributed by atoms with van der Waals surface area (Å²) in [5.74, 6) is 1.55. The van der Waals surface area contributed by atoms with E-state index < -0.39 is 0 Å². The Hall–Kier alpha value is -2.55. The predicted molar refractivity (Wildman–Crippen MR) is 93.7 cm³/mol. The molecule has 2 aromatic heterocycles. The van der Waals surface area contributed by atoms with Crippen LogP contribution in [0.5, 0.6) is 0 Å². The number of hydrogen-bond acceptors (Lipinski definition) is 8. The Labute approximate surface area is 151 Å². The third-order valence-electron chi connectivity index (χ3n) is 5.38. The normalized spacial score (nSPS) is 22.0. The van der Waals surface area contributed by atoms with Crippen molar-refractivity contribution in [2.24, 2.45) is 0 Å². The molecule has 9 heteroatoms. The molecule has 2 aliphatic heterocycles. The van der Waals surface area contributed by atoms with Crippen molar-refractivity contribution in [3.8, 4) is 11.4 Å². The van der Waals surface area contributed by atoms with Crippen LogP contribution in [0.15, 0.2) is 17.0 Å². The zero-order valence-electron chi connectivity index (χ0n) is 14.8. The number of piperidine rings is 1. The molecule has 26 heavy (non-hydrogen) atoms. The van der Waals surface area contributed by atoms with Gasteiger partial charge in [0.2, 0.25) is 17.6 Å². The first kappa shape index (κ1) is 16.9. The molecule has 0 aliphatic carbocycles. The molecular formula is C17H23N7O2. The maximum Gasteiger partial charge on any atom is 0.244 e. The molecule has 4 rings (SSSR count). The number of aromatic nitrogens is 4. The first-order valence-electron chi connectivity index (χ1n) is 9.04. The van der Waals surface area contributed by atoms with Crippen molar-refractivity contribution in [1.82, 2.24) is 29.9 Å². The molecule has 138 valence electrons. The lowest BCUT2D eigenvalue weighted by Gasteiger charge is -2.38. The highest BCUT2D eigenvalue weighted by Crippen LogP contribution is 2.36. The Bertz CT molecular complexity index is 785. The van der Waals surface area contributed by atoms with Crippen LogP contribution in [0.25, 0.3) is 11.4 Å². The van der Waals surface area contributed by atoms with Crippen molar-refractivity contribution in [2.75, 3.05) is 25.4 Å². The van der Waals surface area contributed by atoms with Crippen LogP contribution in [0.2, 0.25) is 0 Å². The van der Waals surface area contributed by atoms with Gasteiger partial charge in [-0.2, -0.15) is 4.98 Å². The second-order valence-corrected chi connectivity index (χ2v) is 6.91. The van der Waals surface area contributed by atoms with E-state index in [1.807, 2.05) is 4.90 Å². The molecule has 0 bridgehead atoms. The van der Waals surface area contributed by atoms with E-state index >= 15 is 0 Å². The van der Waals surface area contributed by atoms with Crippen LogP contribution in [0.4, 0.5) is 5.82 Å². The number of nitrogens with zero attached hydrogens (tertiary/aromatic N) is 6. The van der Waals surface area contributed by atoms with Gasteiger partial charge in [0.15, 0.2) is 0 Å². The van der Waals surface area contributed by atoms with E-state index in [1.54, 1.807) is 13.1 Å². The van der Waals surface area contributed by atoms with Gasteiger partial charge in [-0.25, -0.2) is 9.97 Å². The molecule has 0 aromatic carbocycles. The SMILES string of the molecule is CC(=O)N1CCC(N2CCC[C@H]2c2nc(-c3cncnc3N)no2)CC1. The van der Waals surface area contributed by atoms with Gasteiger partial charge in [0.25, 0.3) is 0 Å². The van der Waals surface area contributed by atoms with Crippen LogP contribution in [0.1, 0.15) is 44.5 Å². The molecule has 1 amide bonds. The molecule has 2 fully saturated rings. The summed E-state index contributed by atoms with van der Waals surface area (Å²) < 4.78 is 5.56. The van der Waals surface area contributed by atoms with Crippen LogP contribution in [-0.4, -0.2) is 61.5 Å². The number of rotatable bonds is 3. The Balaban J connectivity index is 1.49. The number of hydrogen-bond donors (Lipinski definition) is 1. The molecule has 0 radical (unpaired) electrons. The Morgan fingerprint density at radius 2 is 2.08 bits per heavy atom. The minimum absolute atomic E-state index is 0.121. The number of carbonyl (C=O) groups excluding carboxylic acids is 1. The average Bonchev–Trinajstić information content (AvgIpc) is 3.31. The molecule has 4 heterocycles. The van der Waals surface area contributed by atoms with Gasteiger partial charge in [0.05, 0.1) is 11.6 Å². The Morgan fingerprint density at radius 3 is 2.81 bits per heavy atom. The fourth-order valence-corrected chi connectivity index (χ4v) is 3.99. The number of anilines is 1. The van der Waals surface area contributed by atoms with Crippen molar-refractivity contribution < 1.29 is 9.32 Å². The van der Waals surface area contributed by atoms with E-state index in [0.29, 0.717) is 29.1 Å². The van der Waals surface area contributed by atoms with Crippen LogP contribution in [0, 0.1) is 0 Å². The lowest BCUT2D eigenvalue weighted by Crippen LogP contribution is -2.46. The predicted octanol–water partition coefficient (Wildman–Crippen LogP) is 1.26. The summed E-state index contributed by atoms with van der Waals surface area (Å²) in [4.78, 5) is 28.4. The quantitative estimate of drug-likeness (QED) is 0.873. The molecule has 2 aliphatic rings. The van der Waals surface area contributed by atoms with Gasteiger partial charge >= 0.3 is 0 Å². The smallest absolute Gasteiger partial charge is 0.244 e. The van der Waals surface area contributed by atoms with Crippen molar-refractivity contribution in [1.29, 1.82) is 0 Å². The minimum Gasteiger partial charge on any atom is -0.383 e. The lowest BCUT2D eigenvalue weighted by atomic mass is 10.0. The molecule has 0 spiro atoms. The summed E-state index contributed by atoms with van der Waals surface area (Å²) in [7, 11) is 0. The molecule has 1 atom stereocenters. The van der Waals surface area contributed by atoms with Gasteiger partial charge in [-0.1, -0.05) is 5.16 Å². The van der Waals surface area contributed by atoms with E-state index in [0.717, 1.165) is 45.3 Å². The number of carbonyl (C=O) groups is 1. The Kier molecular flexibility index (Phi) is 4.54. The second kappa shape index (κ2) is 6.99. The molecule has 9 nitrogen and oxygen atoms in total. The third kappa shape index (κ3) is 3.14. The summed E-state index contributed by atoms with van der Waals surface area (Å²) in [6.07, 6.45) is 7.06. The van der Waals surface area contributed by atoms with E-state index in [9.17, 15) is 4.79 Å². The van der Waals surface area contributed by atoms with Crippen molar-refractivity contribution >= 4 is 11.7 Å². The largest absolute Gasteiger partial charge is 0.383 e. The van der Waals surface area contributed by atoms with Gasteiger partial charge in [-0.15, -0.1) is 0 Å². The summed E-state index contributed by atoms with van der Waals surface area (Å²) in [5, 5.41) is 4.08. The number of amides is 1. The molecule has 0 unspecified atom stereocenters. The highest BCUT2D eigenvalue weighted by molar-refractivity contribution is 5.73. The van der Waals surface area contributed by atoms with Gasteiger partial charge in [-0.3, -0.25) is 9.69 Å². The monoisotopic (exact) mass is 357 g/mol. The highest BCUT2D eigenvalue weighted by Gasteiger charge is 2.37. The standard InChI is InChI=1S/C17H23N7O2/c1-11(25)23-7-4-12(5-8-23)24-6-2-3-14(24)17-21-16(22-26-17)13-9-19-10-20-15(13)18/h9-10,12,14H,2-8H2,1H3,(H2,18,19,20)/t14-/m0/s1. The first-order valence-corrected chi connectivity index (χ1v) is 9.04. The molecule has 2 aromatic rings.